The van der Waals surface area contributed by atoms with E-state index in [-0.39, 0.29) is 25.6 Å². The van der Waals surface area contributed by atoms with Crippen LogP contribution in [0.5, 0.6) is 11.5 Å². The van der Waals surface area contributed by atoms with Crippen LogP contribution in [-0.4, -0.2) is 24.7 Å². The summed E-state index contributed by atoms with van der Waals surface area (Å²) < 4.78 is 16.1. The van der Waals surface area contributed by atoms with E-state index < -0.39 is 0 Å². The van der Waals surface area contributed by atoms with E-state index in [1.165, 1.54) is 0 Å². The number of pyridine rings is 1. The molecule has 27 heavy (non-hydrogen) atoms. The molecule has 0 bridgehead atoms. The quantitative estimate of drug-likeness (QED) is 0.435. The van der Waals surface area contributed by atoms with E-state index in [4.69, 9.17) is 25.8 Å². The summed E-state index contributed by atoms with van der Waals surface area (Å²) in [7, 11) is 1.57. The van der Waals surface area contributed by atoms with Gasteiger partial charge >= 0.3 is 5.97 Å². The number of nitrogens with zero attached hydrogens (tertiary/aromatic N) is 1. The Balaban J connectivity index is 1.54. The van der Waals surface area contributed by atoms with Crippen LogP contribution >= 0.6 is 11.6 Å². The maximum absolute atomic E-state index is 12.0. The number of carbonyl (C=O) groups excluding carboxylic acids is 1. The molecule has 0 saturated heterocycles. The van der Waals surface area contributed by atoms with E-state index in [0.29, 0.717) is 22.2 Å². The predicted octanol–water partition coefficient (Wildman–Crippen LogP) is 4.72. The molecule has 6 heteroatoms. The highest BCUT2D eigenvalue weighted by Crippen LogP contribution is 2.26. The van der Waals surface area contributed by atoms with Gasteiger partial charge in [-0.05, 0) is 36.8 Å². The van der Waals surface area contributed by atoms with Crippen molar-refractivity contribution in [3.63, 3.8) is 0 Å². The molecular weight excluding hydrogens is 366 g/mol. The Morgan fingerprint density at radius 2 is 1.89 bits per heavy atom. The topological polar surface area (TPSA) is 57.7 Å². The van der Waals surface area contributed by atoms with Gasteiger partial charge in [-0.3, -0.25) is 4.79 Å². The van der Waals surface area contributed by atoms with Crippen molar-refractivity contribution in [3.05, 3.63) is 64.8 Å². The van der Waals surface area contributed by atoms with Crippen LogP contribution in [0.15, 0.2) is 48.5 Å². The fourth-order valence-corrected chi connectivity index (χ4v) is 2.81. The average Bonchev–Trinajstić information content (AvgIpc) is 2.66. The van der Waals surface area contributed by atoms with Gasteiger partial charge in [-0.2, -0.15) is 0 Å². The van der Waals surface area contributed by atoms with Crippen molar-refractivity contribution < 1.29 is 19.0 Å². The number of fused-ring (bicyclic) bond motifs is 1. The summed E-state index contributed by atoms with van der Waals surface area (Å²) in [6.45, 7) is 2.27. The van der Waals surface area contributed by atoms with Crippen LogP contribution in [-0.2, 0) is 16.1 Å². The molecule has 0 aliphatic rings. The van der Waals surface area contributed by atoms with Crippen molar-refractivity contribution in [2.24, 2.45) is 0 Å². The monoisotopic (exact) mass is 385 g/mol. The fourth-order valence-electron chi connectivity index (χ4n) is 2.61. The number of para-hydroxylation sites is 2. The summed E-state index contributed by atoms with van der Waals surface area (Å²) in [6.07, 6.45) is 0.121. The number of benzene rings is 2. The van der Waals surface area contributed by atoms with Crippen molar-refractivity contribution in [3.8, 4) is 11.5 Å². The Labute approximate surface area is 162 Å². The first-order chi connectivity index (χ1) is 13.1. The van der Waals surface area contributed by atoms with E-state index >= 15 is 0 Å². The van der Waals surface area contributed by atoms with Crippen molar-refractivity contribution in [2.75, 3.05) is 13.7 Å². The van der Waals surface area contributed by atoms with E-state index in [2.05, 4.69) is 4.98 Å². The van der Waals surface area contributed by atoms with Gasteiger partial charge in [0.25, 0.3) is 0 Å². The van der Waals surface area contributed by atoms with Crippen LogP contribution < -0.4 is 9.47 Å². The molecule has 0 aliphatic carbocycles. The van der Waals surface area contributed by atoms with Gasteiger partial charge < -0.3 is 14.2 Å². The lowest BCUT2D eigenvalue weighted by Crippen LogP contribution is -2.10. The van der Waals surface area contributed by atoms with Gasteiger partial charge in [-0.25, -0.2) is 4.98 Å². The molecule has 2 aromatic carbocycles. The molecule has 0 unspecified atom stereocenters. The van der Waals surface area contributed by atoms with Crippen LogP contribution in [0.25, 0.3) is 10.9 Å². The second-order valence-corrected chi connectivity index (χ2v) is 6.40. The first-order valence-corrected chi connectivity index (χ1v) is 8.92. The number of esters is 1. The van der Waals surface area contributed by atoms with Gasteiger partial charge in [-0.15, -0.1) is 0 Å². The summed E-state index contributed by atoms with van der Waals surface area (Å²) in [5.74, 6) is 0.838. The normalized spacial score (nSPS) is 10.6. The maximum Gasteiger partial charge on any atom is 0.309 e. The van der Waals surface area contributed by atoms with Crippen LogP contribution in [0.1, 0.15) is 17.5 Å². The Kier molecular flexibility index (Phi) is 6.14. The second kappa shape index (κ2) is 8.73. The van der Waals surface area contributed by atoms with Crippen LogP contribution in [0, 0.1) is 6.92 Å². The summed E-state index contributed by atoms with van der Waals surface area (Å²) >= 11 is 6.22. The second-order valence-electron chi connectivity index (χ2n) is 6.04. The third-order valence-electron chi connectivity index (χ3n) is 4.02. The van der Waals surface area contributed by atoms with E-state index in [1.54, 1.807) is 19.2 Å². The molecular formula is C21H20ClNO4. The van der Waals surface area contributed by atoms with Crippen molar-refractivity contribution >= 4 is 28.5 Å². The molecule has 0 amide bonds. The zero-order valence-corrected chi connectivity index (χ0v) is 16.0. The Morgan fingerprint density at radius 3 is 2.67 bits per heavy atom. The van der Waals surface area contributed by atoms with Crippen LogP contribution in [0.2, 0.25) is 5.15 Å². The SMILES string of the molecule is COc1ccccc1OCCC(=O)OCc1cc2ccc(C)cc2nc1Cl. The van der Waals surface area contributed by atoms with Gasteiger partial charge in [0.05, 0.1) is 25.7 Å². The zero-order valence-electron chi connectivity index (χ0n) is 15.2. The van der Waals surface area contributed by atoms with Gasteiger partial charge in [0.15, 0.2) is 11.5 Å². The molecule has 0 N–H and O–H groups in total. The van der Waals surface area contributed by atoms with Gasteiger partial charge in [0.1, 0.15) is 11.8 Å². The molecule has 0 saturated carbocycles. The highest BCUT2D eigenvalue weighted by molar-refractivity contribution is 6.30. The minimum Gasteiger partial charge on any atom is -0.493 e. The largest absolute Gasteiger partial charge is 0.493 e. The van der Waals surface area contributed by atoms with Crippen molar-refractivity contribution in [1.82, 2.24) is 4.98 Å². The Morgan fingerprint density at radius 1 is 1.11 bits per heavy atom. The van der Waals surface area contributed by atoms with E-state index in [0.717, 1.165) is 16.5 Å². The number of ether oxygens (including phenoxy) is 3. The molecule has 140 valence electrons. The molecule has 1 heterocycles. The first kappa shape index (κ1) is 19.0. The molecule has 3 aromatic rings. The molecule has 3 rings (SSSR count). The lowest BCUT2D eigenvalue weighted by molar-refractivity contribution is -0.145. The summed E-state index contributed by atoms with van der Waals surface area (Å²) in [6, 6.07) is 15.1. The average molecular weight is 386 g/mol. The van der Waals surface area contributed by atoms with Crippen LogP contribution in [0.4, 0.5) is 0 Å². The molecule has 1 aromatic heterocycles. The zero-order chi connectivity index (χ0) is 19.2. The minimum atomic E-state index is -0.370. The lowest BCUT2D eigenvalue weighted by Gasteiger charge is -2.11. The first-order valence-electron chi connectivity index (χ1n) is 8.54. The van der Waals surface area contributed by atoms with Crippen molar-refractivity contribution in [1.29, 1.82) is 0 Å². The Bertz CT molecular complexity index is 958. The number of hydrogen-bond acceptors (Lipinski definition) is 5. The minimum absolute atomic E-state index is 0.0726. The number of methoxy groups -OCH3 is 1. The molecule has 0 spiro atoms. The Hall–Kier alpha value is -2.79. The van der Waals surface area contributed by atoms with Crippen LogP contribution in [0.3, 0.4) is 0 Å². The predicted molar refractivity (Wildman–Crippen MR) is 104 cm³/mol. The highest BCUT2D eigenvalue weighted by Gasteiger charge is 2.10. The third-order valence-corrected chi connectivity index (χ3v) is 4.35. The highest BCUT2D eigenvalue weighted by atomic mass is 35.5. The molecule has 5 nitrogen and oxygen atoms in total. The molecule has 0 fully saturated rings. The number of rotatable bonds is 7. The van der Waals surface area contributed by atoms with Gasteiger partial charge in [0.2, 0.25) is 0 Å². The number of halogens is 1. The smallest absolute Gasteiger partial charge is 0.309 e. The number of aryl methyl sites for hydroxylation is 1. The standard InChI is InChI=1S/C21H20ClNO4/c1-14-7-8-15-12-16(21(22)23-17(15)11-14)13-27-20(24)9-10-26-19-6-4-3-5-18(19)25-2/h3-8,11-12H,9-10,13H2,1-2H3. The molecule has 0 aliphatic heterocycles. The lowest BCUT2D eigenvalue weighted by atomic mass is 10.1. The summed E-state index contributed by atoms with van der Waals surface area (Å²) in [5, 5.41) is 1.29. The van der Waals surface area contributed by atoms with Gasteiger partial charge in [0, 0.05) is 10.9 Å². The van der Waals surface area contributed by atoms with Crippen molar-refractivity contribution in [2.45, 2.75) is 20.0 Å². The molecule has 0 radical (unpaired) electrons. The fraction of sp³-hybridized carbons (Fsp3) is 0.238. The summed E-state index contributed by atoms with van der Waals surface area (Å²) in [5.41, 5.74) is 2.60. The number of carbonyl (C=O) groups is 1. The maximum atomic E-state index is 12.0. The molecule has 0 atom stereocenters. The summed E-state index contributed by atoms with van der Waals surface area (Å²) in [4.78, 5) is 16.4. The van der Waals surface area contributed by atoms with E-state index in [1.807, 2.05) is 43.3 Å². The van der Waals surface area contributed by atoms with E-state index in [9.17, 15) is 4.79 Å². The third kappa shape index (κ3) is 4.89. The van der Waals surface area contributed by atoms with Gasteiger partial charge in [-0.1, -0.05) is 35.9 Å². The number of hydrogen-bond donors (Lipinski definition) is 0. The number of aromatic nitrogens is 1.